The number of furan rings is 1. The number of amides is 1. The van der Waals surface area contributed by atoms with Crippen LogP contribution in [0.2, 0.25) is 0 Å². The first-order chi connectivity index (χ1) is 13.0. The number of benzene rings is 2. The number of ether oxygens (including phenoxy) is 1. The van der Waals surface area contributed by atoms with Crippen LogP contribution in [-0.2, 0) is 6.61 Å². The third-order valence-corrected chi connectivity index (χ3v) is 4.09. The van der Waals surface area contributed by atoms with Crippen LogP contribution in [0.25, 0.3) is 0 Å². The Balaban J connectivity index is 1.50. The molecule has 3 aromatic rings. The molecule has 0 bridgehead atoms. The summed E-state index contributed by atoms with van der Waals surface area (Å²) >= 11 is 0. The molecule has 0 saturated carbocycles. The van der Waals surface area contributed by atoms with E-state index in [0.29, 0.717) is 18.1 Å². The maximum absolute atomic E-state index is 13.0. The van der Waals surface area contributed by atoms with Crippen molar-refractivity contribution in [1.82, 2.24) is 5.32 Å². The second kappa shape index (κ2) is 8.49. The molecule has 0 fully saturated rings. The first-order valence-corrected chi connectivity index (χ1v) is 8.52. The van der Waals surface area contributed by atoms with E-state index in [-0.39, 0.29) is 35.8 Å². The number of hydrogen-bond acceptors (Lipinski definition) is 3. The van der Waals surface area contributed by atoms with Gasteiger partial charge < -0.3 is 14.5 Å². The fourth-order valence-electron chi connectivity index (χ4n) is 2.50. The van der Waals surface area contributed by atoms with Gasteiger partial charge in [0.05, 0.1) is 0 Å². The summed E-state index contributed by atoms with van der Waals surface area (Å²) in [6.07, 6.45) is 0. The van der Waals surface area contributed by atoms with Crippen LogP contribution >= 0.6 is 0 Å². The SMILES string of the molecule is CC(CNC(=O)c1ccc(COc2ccc(F)cc2)o1)c1ccc(F)cc1. The van der Waals surface area contributed by atoms with Crippen LogP contribution in [0.4, 0.5) is 8.78 Å². The minimum atomic E-state index is -0.339. The minimum absolute atomic E-state index is 0.0331. The topological polar surface area (TPSA) is 51.5 Å². The van der Waals surface area contributed by atoms with Crippen molar-refractivity contribution in [3.05, 3.63) is 89.4 Å². The van der Waals surface area contributed by atoms with E-state index in [1.54, 1.807) is 24.3 Å². The Morgan fingerprint density at radius 3 is 2.30 bits per heavy atom. The highest BCUT2D eigenvalue weighted by molar-refractivity contribution is 5.91. The van der Waals surface area contributed by atoms with Crippen LogP contribution in [0.15, 0.2) is 65.1 Å². The van der Waals surface area contributed by atoms with Gasteiger partial charge in [-0.2, -0.15) is 0 Å². The van der Waals surface area contributed by atoms with Gasteiger partial charge in [0, 0.05) is 6.54 Å². The summed E-state index contributed by atoms with van der Waals surface area (Å²) in [6, 6.07) is 15.1. The summed E-state index contributed by atoms with van der Waals surface area (Å²) in [4.78, 5) is 12.2. The molecule has 1 amide bonds. The Morgan fingerprint density at radius 2 is 1.63 bits per heavy atom. The fourth-order valence-corrected chi connectivity index (χ4v) is 2.50. The predicted octanol–water partition coefficient (Wildman–Crippen LogP) is 4.67. The lowest BCUT2D eigenvalue weighted by molar-refractivity contribution is 0.0920. The molecule has 1 N–H and O–H groups in total. The molecule has 140 valence electrons. The van der Waals surface area contributed by atoms with Gasteiger partial charge in [-0.1, -0.05) is 19.1 Å². The van der Waals surface area contributed by atoms with Gasteiger partial charge in [0.25, 0.3) is 5.91 Å². The van der Waals surface area contributed by atoms with Gasteiger partial charge >= 0.3 is 0 Å². The number of carbonyl (C=O) groups is 1. The predicted molar refractivity (Wildman–Crippen MR) is 96.6 cm³/mol. The first kappa shape index (κ1) is 18.6. The Kier molecular flexibility index (Phi) is 5.86. The maximum Gasteiger partial charge on any atom is 0.287 e. The molecule has 0 saturated heterocycles. The van der Waals surface area contributed by atoms with Gasteiger partial charge in [0.2, 0.25) is 0 Å². The molecule has 1 atom stereocenters. The quantitative estimate of drug-likeness (QED) is 0.657. The normalized spacial score (nSPS) is 11.8. The molecule has 0 aliphatic heterocycles. The van der Waals surface area contributed by atoms with Crippen molar-refractivity contribution in [2.75, 3.05) is 6.54 Å². The van der Waals surface area contributed by atoms with Crippen molar-refractivity contribution in [3.63, 3.8) is 0 Å². The van der Waals surface area contributed by atoms with Gasteiger partial charge in [-0.25, -0.2) is 8.78 Å². The highest BCUT2D eigenvalue weighted by atomic mass is 19.1. The van der Waals surface area contributed by atoms with Crippen molar-refractivity contribution in [1.29, 1.82) is 0 Å². The highest BCUT2D eigenvalue weighted by Crippen LogP contribution is 2.17. The third kappa shape index (κ3) is 5.17. The maximum atomic E-state index is 13.0. The average Bonchev–Trinajstić information content (AvgIpc) is 3.15. The van der Waals surface area contributed by atoms with Crippen LogP contribution in [0.3, 0.4) is 0 Å². The number of halogens is 2. The van der Waals surface area contributed by atoms with Gasteiger partial charge in [0.15, 0.2) is 5.76 Å². The van der Waals surface area contributed by atoms with E-state index >= 15 is 0 Å². The Morgan fingerprint density at radius 1 is 1.00 bits per heavy atom. The summed E-state index contributed by atoms with van der Waals surface area (Å²) in [5, 5.41) is 2.80. The highest BCUT2D eigenvalue weighted by Gasteiger charge is 2.13. The summed E-state index contributed by atoms with van der Waals surface area (Å²) in [7, 11) is 0. The van der Waals surface area contributed by atoms with Crippen molar-refractivity contribution < 1.29 is 22.7 Å². The van der Waals surface area contributed by atoms with Crippen molar-refractivity contribution in [2.45, 2.75) is 19.4 Å². The molecule has 6 heteroatoms. The molecule has 4 nitrogen and oxygen atoms in total. The molecular formula is C21H19F2NO3. The monoisotopic (exact) mass is 371 g/mol. The zero-order valence-corrected chi connectivity index (χ0v) is 14.7. The molecule has 0 aliphatic carbocycles. The van der Waals surface area contributed by atoms with E-state index in [4.69, 9.17) is 9.15 Å². The summed E-state index contributed by atoms with van der Waals surface area (Å²) < 4.78 is 36.8. The lowest BCUT2D eigenvalue weighted by Gasteiger charge is -2.12. The zero-order chi connectivity index (χ0) is 19.2. The second-order valence-corrected chi connectivity index (χ2v) is 6.17. The second-order valence-electron chi connectivity index (χ2n) is 6.17. The van der Waals surface area contributed by atoms with Crippen molar-refractivity contribution in [2.24, 2.45) is 0 Å². The molecule has 1 heterocycles. The molecule has 0 aliphatic rings. The van der Waals surface area contributed by atoms with E-state index in [1.165, 1.54) is 36.4 Å². The smallest absolute Gasteiger partial charge is 0.287 e. The lowest BCUT2D eigenvalue weighted by Crippen LogP contribution is -2.27. The van der Waals surface area contributed by atoms with Gasteiger partial charge in [-0.3, -0.25) is 4.79 Å². The summed E-state index contributed by atoms with van der Waals surface area (Å²) in [5.74, 6) is 0.236. The van der Waals surface area contributed by atoms with Crippen molar-refractivity contribution in [3.8, 4) is 5.75 Å². The molecule has 2 aromatic carbocycles. The summed E-state index contributed by atoms with van der Waals surface area (Å²) in [6.45, 7) is 2.47. The number of hydrogen-bond donors (Lipinski definition) is 1. The van der Waals surface area contributed by atoms with Gasteiger partial charge in [-0.15, -0.1) is 0 Å². The van der Waals surface area contributed by atoms with Gasteiger partial charge in [-0.05, 0) is 60.0 Å². The lowest BCUT2D eigenvalue weighted by atomic mass is 10.0. The molecule has 27 heavy (non-hydrogen) atoms. The van der Waals surface area contributed by atoms with Crippen LogP contribution in [0.5, 0.6) is 5.75 Å². The molecule has 1 aromatic heterocycles. The minimum Gasteiger partial charge on any atom is -0.486 e. The molecule has 0 spiro atoms. The molecule has 0 radical (unpaired) electrons. The van der Waals surface area contributed by atoms with Crippen LogP contribution in [0, 0.1) is 11.6 Å². The zero-order valence-electron chi connectivity index (χ0n) is 14.7. The van der Waals surface area contributed by atoms with E-state index in [9.17, 15) is 13.6 Å². The third-order valence-electron chi connectivity index (χ3n) is 4.09. The Bertz CT molecular complexity index is 889. The number of nitrogens with one attached hydrogen (secondary N) is 1. The number of rotatable bonds is 7. The first-order valence-electron chi connectivity index (χ1n) is 8.52. The van der Waals surface area contributed by atoms with E-state index < -0.39 is 0 Å². The fraction of sp³-hybridized carbons (Fsp3) is 0.190. The standard InChI is InChI=1S/C21H19F2NO3/c1-14(15-2-4-16(22)5-3-15)12-24-21(25)20-11-10-19(27-20)13-26-18-8-6-17(23)7-9-18/h2-11,14H,12-13H2,1H3,(H,24,25). The van der Waals surface area contributed by atoms with E-state index in [2.05, 4.69) is 5.32 Å². The Labute approximate surface area is 155 Å². The Hall–Kier alpha value is -3.15. The molecule has 1 unspecified atom stereocenters. The van der Waals surface area contributed by atoms with Gasteiger partial charge in [0.1, 0.15) is 29.8 Å². The van der Waals surface area contributed by atoms with Crippen LogP contribution < -0.4 is 10.1 Å². The summed E-state index contributed by atoms with van der Waals surface area (Å²) in [5.41, 5.74) is 0.935. The molecule has 3 rings (SSSR count). The van der Waals surface area contributed by atoms with E-state index in [0.717, 1.165) is 5.56 Å². The van der Waals surface area contributed by atoms with E-state index in [1.807, 2.05) is 6.92 Å². The van der Waals surface area contributed by atoms with Crippen LogP contribution in [-0.4, -0.2) is 12.5 Å². The number of carbonyl (C=O) groups excluding carboxylic acids is 1. The van der Waals surface area contributed by atoms with Crippen LogP contribution in [0.1, 0.15) is 34.7 Å². The molecular weight excluding hydrogens is 352 g/mol. The average molecular weight is 371 g/mol. The largest absolute Gasteiger partial charge is 0.486 e. The van der Waals surface area contributed by atoms with Crippen molar-refractivity contribution >= 4 is 5.91 Å².